The predicted octanol–water partition coefficient (Wildman–Crippen LogP) is 5.28. The zero-order valence-corrected chi connectivity index (χ0v) is 13.6. The van der Waals surface area contributed by atoms with Crippen LogP contribution in [0.1, 0.15) is 39.0 Å². The molecule has 2 unspecified atom stereocenters. The highest BCUT2D eigenvalue weighted by Crippen LogP contribution is 2.56. The first-order chi connectivity index (χ1) is 10.1. The van der Waals surface area contributed by atoms with E-state index >= 15 is 0 Å². The van der Waals surface area contributed by atoms with E-state index in [9.17, 15) is 4.39 Å². The molecule has 2 atom stereocenters. The van der Waals surface area contributed by atoms with Crippen molar-refractivity contribution >= 4 is 28.9 Å². The van der Waals surface area contributed by atoms with Crippen LogP contribution >= 0.6 is 23.2 Å². The monoisotopic (exact) mass is 331 g/mol. The van der Waals surface area contributed by atoms with Crippen molar-refractivity contribution in [2.45, 2.75) is 51.2 Å². The van der Waals surface area contributed by atoms with Gasteiger partial charge in [-0.15, -0.1) is 0 Å². The van der Waals surface area contributed by atoms with Gasteiger partial charge < -0.3 is 10.1 Å². The Hall–Kier alpha value is -0.510. The van der Waals surface area contributed by atoms with Crippen LogP contribution in [0.15, 0.2) is 12.1 Å². The molecule has 0 radical (unpaired) electrons. The zero-order chi connectivity index (χ0) is 15.0. The Balaban J connectivity index is 1.80. The molecular formula is C16H20Cl2FNO. The number of ether oxygens (including phenoxy) is 1. The average Bonchev–Trinajstić information content (AvgIpc) is 2.92. The normalized spacial score (nSPS) is 26.9. The minimum atomic E-state index is -0.410. The van der Waals surface area contributed by atoms with Gasteiger partial charge in [0.05, 0.1) is 21.8 Å². The SMILES string of the molecule is CCOC1CC(Nc2c(Cl)cc(F)cc2Cl)C12CCCC2. The van der Waals surface area contributed by atoms with E-state index in [0.717, 1.165) is 13.0 Å². The summed E-state index contributed by atoms with van der Waals surface area (Å²) in [5.41, 5.74) is 0.836. The Morgan fingerprint density at radius 1 is 1.29 bits per heavy atom. The molecule has 0 heterocycles. The van der Waals surface area contributed by atoms with Crippen LogP contribution in [0.25, 0.3) is 0 Å². The minimum Gasteiger partial charge on any atom is -0.379 e. The molecule has 5 heteroatoms. The average molecular weight is 332 g/mol. The summed E-state index contributed by atoms with van der Waals surface area (Å²) in [6.45, 7) is 2.79. The lowest BCUT2D eigenvalue weighted by atomic mass is 9.60. The second kappa shape index (κ2) is 5.94. The first-order valence-corrected chi connectivity index (χ1v) is 8.35. The molecular weight excluding hydrogens is 312 g/mol. The third-order valence-corrected chi connectivity index (χ3v) is 5.61. The topological polar surface area (TPSA) is 21.3 Å². The van der Waals surface area contributed by atoms with E-state index in [0.29, 0.717) is 27.9 Å². The van der Waals surface area contributed by atoms with Crippen molar-refractivity contribution in [3.8, 4) is 0 Å². The van der Waals surface area contributed by atoms with Crippen LogP contribution in [0.4, 0.5) is 10.1 Å². The number of rotatable bonds is 4. The number of hydrogen-bond donors (Lipinski definition) is 1. The summed E-state index contributed by atoms with van der Waals surface area (Å²) in [6, 6.07) is 2.91. The number of benzene rings is 1. The van der Waals surface area contributed by atoms with E-state index in [1.165, 1.54) is 37.8 Å². The summed E-state index contributed by atoms with van der Waals surface area (Å²) in [5, 5.41) is 4.13. The fourth-order valence-electron chi connectivity index (χ4n) is 3.94. The molecule has 2 aliphatic rings. The Morgan fingerprint density at radius 3 is 2.48 bits per heavy atom. The van der Waals surface area contributed by atoms with E-state index in [1.807, 2.05) is 6.92 Å². The fourth-order valence-corrected chi connectivity index (χ4v) is 4.51. The van der Waals surface area contributed by atoms with E-state index in [-0.39, 0.29) is 5.41 Å². The second-order valence-corrected chi connectivity index (χ2v) is 6.88. The molecule has 1 N–H and O–H groups in total. The maximum Gasteiger partial charge on any atom is 0.126 e. The third kappa shape index (κ3) is 2.64. The van der Waals surface area contributed by atoms with Crippen LogP contribution in [0.5, 0.6) is 0 Å². The standard InChI is InChI=1S/C16H20Cl2FNO/c1-2-21-14-9-13(16(14)5-3-4-6-16)20-15-11(17)7-10(19)8-12(15)18/h7-8,13-14,20H,2-6,9H2,1H3. The lowest BCUT2D eigenvalue weighted by Gasteiger charge is -2.54. The van der Waals surface area contributed by atoms with Gasteiger partial charge in [-0.1, -0.05) is 36.0 Å². The second-order valence-electron chi connectivity index (χ2n) is 6.06. The van der Waals surface area contributed by atoms with Crippen molar-refractivity contribution in [2.75, 3.05) is 11.9 Å². The fraction of sp³-hybridized carbons (Fsp3) is 0.625. The van der Waals surface area contributed by atoms with Crippen molar-refractivity contribution in [1.82, 2.24) is 0 Å². The van der Waals surface area contributed by atoms with Gasteiger partial charge in [-0.3, -0.25) is 0 Å². The van der Waals surface area contributed by atoms with Gasteiger partial charge in [0.2, 0.25) is 0 Å². The van der Waals surface area contributed by atoms with Gasteiger partial charge in [-0.2, -0.15) is 0 Å². The molecule has 0 bridgehead atoms. The minimum absolute atomic E-state index is 0.192. The molecule has 21 heavy (non-hydrogen) atoms. The number of hydrogen-bond acceptors (Lipinski definition) is 2. The first-order valence-electron chi connectivity index (χ1n) is 7.59. The van der Waals surface area contributed by atoms with Gasteiger partial charge in [0.15, 0.2) is 0 Å². The number of nitrogens with one attached hydrogen (secondary N) is 1. The largest absolute Gasteiger partial charge is 0.379 e. The van der Waals surface area contributed by atoms with Crippen molar-refractivity contribution in [3.63, 3.8) is 0 Å². The molecule has 1 aromatic carbocycles. The molecule has 2 saturated carbocycles. The molecule has 2 aliphatic carbocycles. The molecule has 0 saturated heterocycles. The van der Waals surface area contributed by atoms with Gasteiger partial charge in [0.1, 0.15) is 5.82 Å². The van der Waals surface area contributed by atoms with Crippen LogP contribution in [-0.4, -0.2) is 18.8 Å². The van der Waals surface area contributed by atoms with Gasteiger partial charge in [0.25, 0.3) is 0 Å². The molecule has 0 aromatic heterocycles. The van der Waals surface area contributed by atoms with Crippen LogP contribution < -0.4 is 5.32 Å². The lowest BCUT2D eigenvalue weighted by molar-refractivity contribution is -0.114. The molecule has 2 fully saturated rings. The van der Waals surface area contributed by atoms with Crippen molar-refractivity contribution in [1.29, 1.82) is 0 Å². The molecule has 1 spiro atoms. The molecule has 116 valence electrons. The maximum atomic E-state index is 13.3. The summed E-state index contributed by atoms with van der Waals surface area (Å²) < 4.78 is 19.2. The van der Waals surface area contributed by atoms with Crippen molar-refractivity contribution in [3.05, 3.63) is 28.0 Å². The van der Waals surface area contributed by atoms with Crippen LogP contribution in [0.3, 0.4) is 0 Å². The Labute approximate surface area is 135 Å². The van der Waals surface area contributed by atoms with Gasteiger partial charge in [-0.05, 0) is 38.3 Å². The Bertz CT molecular complexity index is 508. The van der Waals surface area contributed by atoms with Crippen molar-refractivity contribution < 1.29 is 9.13 Å². The zero-order valence-electron chi connectivity index (χ0n) is 12.1. The van der Waals surface area contributed by atoms with Gasteiger partial charge in [0, 0.05) is 18.1 Å². The molecule has 0 aliphatic heterocycles. The Kier molecular flexibility index (Phi) is 4.35. The van der Waals surface area contributed by atoms with E-state index in [1.54, 1.807) is 0 Å². The summed E-state index contributed by atoms with van der Waals surface area (Å²) in [4.78, 5) is 0. The quantitative estimate of drug-likeness (QED) is 0.810. The molecule has 2 nitrogen and oxygen atoms in total. The first kappa shape index (κ1) is 15.4. The van der Waals surface area contributed by atoms with Crippen LogP contribution in [0.2, 0.25) is 10.0 Å². The summed E-state index contributed by atoms with van der Waals surface area (Å²) in [7, 11) is 0. The lowest BCUT2D eigenvalue weighted by Crippen LogP contribution is -2.60. The Morgan fingerprint density at radius 2 is 1.90 bits per heavy atom. The van der Waals surface area contributed by atoms with E-state index in [4.69, 9.17) is 27.9 Å². The molecule has 1 aromatic rings. The van der Waals surface area contributed by atoms with Crippen LogP contribution in [-0.2, 0) is 4.74 Å². The summed E-state index contributed by atoms with van der Waals surface area (Å²) >= 11 is 12.3. The third-order valence-electron chi connectivity index (χ3n) is 5.01. The predicted molar refractivity (Wildman–Crippen MR) is 84.8 cm³/mol. The summed E-state index contributed by atoms with van der Waals surface area (Å²) in [5.74, 6) is -0.410. The van der Waals surface area contributed by atoms with Gasteiger partial charge in [-0.25, -0.2) is 4.39 Å². The number of anilines is 1. The highest BCUT2D eigenvalue weighted by molar-refractivity contribution is 6.39. The highest BCUT2D eigenvalue weighted by atomic mass is 35.5. The maximum absolute atomic E-state index is 13.3. The van der Waals surface area contributed by atoms with Gasteiger partial charge >= 0.3 is 0 Å². The smallest absolute Gasteiger partial charge is 0.126 e. The highest BCUT2D eigenvalue weighted by Gasteiger charge is 2.56. The molecule has 0 amide bonds. The summed E-state index contributed by atoms with van der Waals surface area (Å²) in [6.07, 6.45) is 6.11. The van der Waals surface area contributed by atoms with Crippen LogP contribution in [0, 0.1) is 11.2 Å². The number of halogens is 3. The van der Waals surface area contributed by atoms with E-state index in [2.05, 4.69) is 5.32 Å². The van der Waals surface area contributed by atoms with Crippen molar-refractivity contribution in [2.24, 2.45) is 5.41 Å². The van der Waals surface area contributed by atoms with E-state index < -0.39 is 5.82 Å². The molecule has 3 rings (SSSR count).